The molecule has 1 aliphatic carbocycles. The van der Waals surface area contributed by atoms with Crippen LogP contribution in [-0.4, -0.2) is 50.9 Å². The number of fused-ring (bicyclic) bond motifs is 2. The quantitative estimate of drug-likeness (QED) is 0.859. The van der Waals surface area contributed by atoms with E-state index >= 15 is 0 Å². The van der Waals surface area contributed by atoms with Crippen LogP contribution in [0.4, 0.5) is 4.39 Å². The van der Waals surface area contributed by atoms with Crippen LogP contribution < -0.4 is 15.4 Å². The summed E-state index contributed by atoms with van der Waals surface area (Å²) in [5, 5.41) is 5.57. The first-order valence-corrected chi connectivity index (χ1v) is 8.56. The first-order valence-electron chi connectivity index (χ1n) is 8.56. The van der Waals surface area contributed by atoms with E-state index in [4.69, 9.17) is 9.47 Å². The molecule has 5 atom stereocenters. The molecule has 0 radical (unpaired) electrons. The number of hydrogen-bond donors (Lipinski definition) is 2. The van der Waals surface area contributed by atoms with Gasteiger partial charge in [-0.1, -0.05) is 6.92 Å². The fourth-order valence-corrected chi connectivity index (χ4v) is 3.86. The van der Waals surface area contributed by atoms with Crippen LogP contribution in [0.25, 0.3) is 0 Å². The highest BCUT2D eigenvalue weighted by molar-refractivity contribution is 6.02. The summed E-state index contributed by atoms with van der Waals surface area (Å²) in [6, 6.07) is 3.38. The van der Waals surface area contributed by atoms with Crippen molar-refractivity contribution in [2.75, 3.05) is 26.9 Å². The second-order valence-electron chi connectivity index (χ2n) is 6.98. The molecule has 1 aromatic carbocycles. The molecule has 0 spiro atoms. The van der Waals surface area contributed by atoms with Crippen LogP contribution in [0, 0.1) is 11.8 Å². The number of carbonyl (C=O) groups excluding carboxylic acids is 2. The molecule has 134 valence electrons. The molecule has 2 fully saturated rings. The van der Waals surface area contributed by atoms with E-state index in [0.717, 1.165) is 0 Å². The lowest BCUT2D eigenvalue weighted by Crippen LogP contribution is -2.30. The Bertz CT molecular complexity index is 728. The number of hydrogen-bond acceptors (Lipinski definition) is 4. The van der Waals surface area contributed by atoms with Crippen molar-refractivity contribution in [2.24, 2.45) is 11.8 Å². The predicted octanol–water partition coefficient (Wildman–Crippen LogP) is 1.25. The molecule has 1 aromatic rings. The van der Waals surface area contributed by atoms with Gasteiger partial charge in [-0.2, -0.15) is 0 Å². The summed E-state index contributed by atoms with van der Waals surface area (Å²) in [5.41, 5.74) is 1.37. The highest BCUT2D eigenvalue weighted by Gasteiger charge is 2.54. The Morgan fingerprint density at radius 2 is 1.96 bits per heavy atom. The maximum absolute atomic E-state index is 13.2. The van der Waals surface area contributed by atoms with Gasteiger partial charge in [-0.3, -0.25) is 9.59 Å². The zero-order valence-electron chi connectivity index (χ0n) is 14.2. The summed E-state index contributed by atoms with van der Waals surface area (Å²) < 4.78 is 24.1. The van der Waals surface area contributed by atoms with E-state index in [1.165, 1.54) is 13.1 Å². The Kier molecular flexibility index (Phi) is 3.91. The maximum Gasteiger partial charge on any atom is 0.254 e. The standard InChI is InChI=1S/C18H21FN2O4/c1-8-10-3-9(17(22)21-15-12-6-24-7-13(12)15)4-11(18(23)20-2)16(10)25-14(8)5-19/h3-4,8,12-15H,5-7H2,1-2H3,(H,20,23)(H,21,22)/t8-,12-,13+,14+,15?/m0/s1. The van der Waals surface area contributed by atoms with Crippen molar-refractivity contribution in [1.29, 1.82) is 0 Å². The number of halogens is 1. The third kappa shape index (κ3) is 2.57. The van der Waals surface area contributed by atoms with Crippen molar-refractivity contribution in [2.45, 2.75) is 25.0 Å². The number of ether oxygens (including phenoxy) is 2. The fraction of sp³-hybridized carbons (Fsp3) is 0.556. The Balaban J connectivity index is 1.63. The molecule has 25 heavy (non-hydrogen) atoms. The van der Waals surface area contributed by atoms with Crippen LogP contribution >= 0.6 is 0 Å². The van der Waals surface area contributed by atoms with Gasteiger partial charge >= 0.3 is 0 Å². The Morgan fingerprint density at radius 1 is 1.24 bits per heavy atom. The van der Waals surface area contributed by atoms with Crippen molar-refractivity contribution in [3.8, 4) is 5.75 Å². The number of rotatable bonds is 4. The van der Waals surface area contributed by atoms with Crippen molar-refractivity contribution in [3.05, 3.63) is 28.8 Å². The Hall–Kier alpha value is -2.15. The van der Waals surface area contributed by atoms with Gasteiger partial charge in [-0.05, 0) is 12.1 Å². The molecule has 6 nitrogen and oxygen atoms in total. The first-order chi connectivity index (χ1) is 12.0. The zero-order valence-corrected chi connectivity index (χ0v) is 14.2. The SMILES string of the molecule is CNC(=O)c1cc(C(=O)NC2[C@H]3COC[C@@H]23)cc2c1O[C@H](CF)[C@H]2C. The van der Waals surface area contributed by atoms with Crippen molar-refractivity contribution in [3.63, 3.8) is 0 Å². The van der Waals surface area contributed by atoms with E-state index in [0.29, 0.717) is 41.9 Å². The summed E-state index contributed by atoms with van der Waals surface area (Å²) in [7, 11) is 1.51. The van der Waals surface area contributed by atoms with E-state index in [2.05, 4.69) is 10.6 Å². The number of carbonyl (C=O) groups is 2. The Morgan fingerprint density at radius 3 is 2.60 bits per heavy atom. The minimum atomic E-state index is -0.643. The van der Waals surface area contributed by atoms with Gasteiger partial charge in [0.05, 0.1) is 18.8 Å². The third-order valence-electron chi connectivity index (χ3n) is 5.57. The molecule has 3 aliphatic rings. The lowest BCUT2D eigenvalue weighted by atomic mass is 9.94. The minimum absolute atomic E-state index is 0.144. The van der Waals surface area contributed by atoms with Gasteiger partial charge in [-0.25, -0.2) is 4.39 Å². The van der Waals surface area contributed by atoms with Gasteiger partial charge < -0.3 is 20.1 Å². The number of nitrogens with one attached hydrogen (secondary N) is 2. The monoisotopic (exact) mass is 348 g/mol. The summed E-state index contributed by atoms with van der Waals surface area (Å²) in [5.74, 6) is 0.384. The predicted molar refractivity (Wildman–Crippen MR) is 87.7 cm³/mol. The summed E-state index contributed by atoms with van der Waals surface area (Å²) in [4.78, 5) is 24.9. The van der Waals surface area contributed by atoms with Crippen molar-refractivity contribution >= 4 is 11.8 Å². The third-order valence-corrected chi connectivity index (χ3v) is 5.57. The number of benzene rings is 1. The molecular formula is C18H21FN2O4. The van der Waals surface area contributed by atoms with Gasteiger partial charge in [0, 0.05) is 42.0 Å². The molecule has 2 amide bonds. The summed E-state index contributed by atoms with van der Waals surface area (Å²) >= 11 is 0. The summed E-state index contributed by atoms with van der Waals surface area (Å²) in [6.07, 6.45) is -0.628. The van der Waals surface area contributed by atoms with E-state index < -0.39 is 12.8 Å². The minimum Gasteiger partial charge on any atom is -0.486 e. The van der Waals surface area contributed by atoms with Crippen LogP contribution in [-0.2, 0) is 4.74 Å². The van der Waals surface area contributed by atoms with E-state index in [-0.39, 0.29) is 29.3 Å². The molecule has 4 rings (SSSR count). The molecule has 1 saturated carbocycles. The van der Waals surface area contributed by atoms with E-state index in [9.17, 15) is 14.0 Å². The highest BCUT2D eigenvalue weighted by atomic mass is 19.1. The molecule has 1 saturated heterocycles. The first kappa shape index (κ1) is 16.3. The summed E-state index contributed by atoms with van der Waals surface area (Å²) in [6.45, 7) is 2.57. The lowest BCUT2D eigenvalue weighted by Gasteiger charge is -2.12. The molecule has 2 N–H and O–H groups in total. The molecule has 2 heterocycles. The maximum atomic E-state index is 13.2. The highest BCUT2D eigenvalue weighted by Crippen LogP contribution is 2.45. The topological polar surface area (TPSA) is 76.7 Å². The van der Waals surface area contributed by atoms with Crippen LogP contribution in [0.2, 0.25) is 0 Å². The van der Waals surface area contributed by atoms with Crippen LogP contribution in [0.5, 0.6) is 5.75 Å². The van der Waals surface area contributed by atoms with Crippen LogP contribution in [0.3, 0.4) is 0 Å². The van der Waals surface area contributed by atoms with Gasteiger partial charge in [-0.15, -0.1) is 0 Å². The molecule has 1 unspecified atom stereocenters. The molecule has 7 heteroatoms. The largest absolute Gasteiger partial charge is 0.486 e. The van der Waals surface area contributed by atoms with Crippen molar-refractivity contribution < 1.29 is 23.5 Å². The normalized spacial score (nSPS) is 31.7. The molecule has 2 aliphatic heterocycles. The van der Waals surface area contributed by atoms with Crippen LogP contribution in [0.1, 0.15) is 39.1 Å². The fourth-order valence-electron chi connectivity index (χ4n) is 3.86. The van der Waals surface area contributed by atoms with Gasteiger partial charge in [0.2, 0.25) is 0 Å². The second kappa shape index (κ2) is 5.98. The Labute approximate surface area is 145 Å². The molecule has 0 aromatic heterocycles. The van der Waals surface area contributed by atoms with Gasteiger partial charge in [0.15, 0.2) is 0 Å². The molecular weight excluding hydrogens is 327 g/mol. The van der Waals surface area contributed by atoms with E-state index in [1.54, 1.807) is 6.07 Å². The van der Waals surface area contributed by atoms with Gasteiger partial charge in [0.1, 0.15) is 18.5 Å². The second-order valence-corrected chi connectivity index (χ2v) is 6.98. The average molecular weight is 348 g/mol. The average Bonchev–Trinajstić information content (AvgIpc) is 2.98. The zero-order chi connectivity index (χ0) is 17.7. The molecule has 0 bridgehead atoms. The number of amides is 2. The lowest BCUT2D eigenvalue weighted by molar-refractivity contribution is 0.0929. The smallest absolute Gasteiger partial charge is 0.254 e. The number of alkyl halides is 1. The van der Waals surface area contributed by atoms with E-state index in [1.807, 2.05) is 6.92 Å². The van der Waals surface area contributed by atoms with Crippen molar-refractivity contribution in [1.82, 2.24) is 10.6 Å². The van der Waals surface area contributed by atoms with Crippen LogP contribution in [0.15, 0.2) is 12.1 Å². The van der Waals surface area contributed by atoms with Gasteiger partial charge in [0.25, 0.3) is 11.8 Å².